The summed E-state index contributed by atoms with van der Waals surface area (Å²) in [6, 6.07) is 9.48. The Kier molecular flexibility index (Phi) is 5.73. The Labute approximate surface area is 191 Å². The summed E-state index contributed by atoms with van der Waals surface area (Å²) in [5, 5.41) is 20.3. The van der Waals surface area contributed by atoms with Crippen LogP contribution < -0.4 is 0 Å². The molecule has 8 heteroatoms. The lowest BCUT2D eigenvalue weighted by Gasteiger charge is -2.32. The zero-order chi connectivity index (χ0) is 22.9. The quantitative estimate of drug-likeness (QED) is 0.636. The lowest BCUT2D eigenvalue weighted by molar-refractivity contribution is -0.183. The molecule has 1 saturated carbocycles. The third-order valence-corrected chi connectivity index (χ3v) is 6.81. The molecule has 1 aliphatic carbocycles. The number of carbonyl (C=O) groups is 1. The standard InChI is InChI=1S/C25H25FN4O3/c26-20-10-17(13-27)9-19(11-20)23-6-8-33-30(23)25(32)18-3-1-16(2-4-18)15-29-7-5-22-24(29)12-21(31)14-28-22/h5,7,9-12,14,16,18,23,31H,1-4,6,8,15H2/t16-,18-,23-/m0/s1. The van der Waals surface area contributed by atoms with E-state index in [2.05, 4.69) is 9.55 Å². The average molecular weight is 448 g/mol. The number of nitriles is 1. The molecular weight excluding hydrogens is 423 g/mol. The van der Waals surface area contributed by atoms with Crippen molar-refractivity contribution in [1.29, 1.82) is 5.26 Å². The van der Waals surface area contributed by atoms with Crippen LogP contribution in [0.3, 0.4) is 0 Å². The maximum atomic E-state index is 14.0. The highest BCUT2D eigenvalue weighted by Gasteiger charge is 2.37. The predicted octanol–water partition coefficient (Wildman–Crippen LogP) is 4.46. The molecular formula is C25H25FN4O3. The van der Waals surface area contributed by atoms with E-state index in [1.165, 1.54) is 23.4 Å². The van der Waals surface area contributed by atoms with Gasteiger partial charge in [0.15, 0.2) is 0 Å². The van der Waals surface area contributed by atoms with Crippen molar-refractivity contribution in [3.8, 4) is 11.8 Å². The SMILES string of the molecule is N#Cc1cc(F)cc([C@@H]2CCON2C(=O)[C@H]2CC[C@H](Cn3ccc4ncc(O)cc43)CC2)c1. The fourth-order valence-electron chi connectivity index (χ4n) is 5.12. The molecule has 33 heavy (non-hydrogen) atoms. The van der Waals surface area contributed by atoms with Crippen LogP contribution in [0.2, 0.25) is 0 Å². The second-order valence-corrected chi connectivity index (χ2v) is 8.97. The Morgan fingerprint density at radius 3 is 2.82 bits per heavy atom. The smallest absolute Gasteiger partial charge is 0.249 e. The topological polar surface area (TPSA) is 91.4 Å². The van der Waals surface area contributed by atoms with Crippen LogP contribution in [0, 0.1) is 29.0 Å². The molecule has 1 atom stereocenters. The number of carbonyl (C=O) groups excluding carboxylic acids is 1. The number of fused-ring (bicyclic) bond motifs is 1. The maximum Gasteiger partial charge on any atom is 0.249 e. The summed E-state index contributed by atoms with van der Waals surface area (Å²) in [7, 11) is 0. The Hall–Kier alpha value is -3.44. The van der Waals surface area contributed by atoms with Crippen molar-refractivity contribution in [1.82, 2.24) is 14.6 Å². The van der Waals surface area contributed by atoms with E-state index < -0.39 is 5.82 Å². The van der Waals surface area contributed by atoms with E-state index in [0.29, 0.717) is 24.5 Å². The molecule has 1 saturated heterocycles. The Balaban J connectivity index is 1.23. The number of pyridine rings is 1. The summed E-state index contributed by atoms with van der Waals surface area (Å²) < 4.78 is 16.1. The predicted molar refractivity (Wildman–Crippen MR) is 118 cm³/mol. The van der Waals surface area contributed by atoms with Crippen molar-refractivity contribution >= 4 is 16.9 Å². The van der Waals surface area contributed by atoms with Gasteiger partial charge < -0.3 is 9.67 Å². The van der Waals surface area contributed by atoms with Gasteiger partial charge in [-0.05, 0) is 61.4 Å². The zero-order valence-corrected chi connectivity index (χ0v) is 18.2. The number of hydrogen-bond donors (Lipinski definition) is 1. The van der Waals surface area contributed by atoms with Gasteiger partial charge in [-0.3, -0.25) is 14.6 Å². The number of aromatic hydroxyl groups is 1. The van der Waals surface area contributed by atoms with E-state index in [-0.39, 0.29) is 29.2 Å². The van der Waals surface area contributed by atoms with Crippen molar-refractivity contribution in [2.24, 2.45) is 11.8 Å². The molecule has 3 aromatic rings. The van der Waals surface area contributed by atoms with E-state index >= 15 is 0 Å². The Morgan fingerprint density at radius 1 is 1.21 bits per heavy atom. The minimum Gasteiger partial charge on any atom is -0.506 e. The maximum absolute atomic E-state index is 14.0. The van der Waals surface area contributed by atoms with Crippen molar-refractivity contribution < 1.29 is 19.1 Å². The summed E-state index contributed by atoms with van der Waals surface area (Å²) in [4.78, 5) is 23.2. The highest BCUT2D eigenvalue weighted by molar-refractivity contribution is 5.79. The van der Waals surface area contributed by atoms with Gasteiger partial charge in [-0.15, -0.1) is 0 Å². The van der Waals surface area contributed by atoms with Gasteiger partial charge in [0.25, 0.3) is 0 Å². The molecule has 1 N–H and O–H groups in total. The fraction of sp³-hybridized carbons (Fsp3) is 0.400. The van der Waals surface area contributed by atoms with Crippen molar-refractivity contribution in [3.05, 3.63) is 59.7 Å². The van der Waals surface area contributed by atoms with Gasteiger partial charge in [-0.2, -0.15) is 5.26 Å². The molecule has 1 amide bonds. The van der Waals surface area contributed by atoms with Crippen LogP contribution in [-0.2, 0) is 16.2 Å². The average Bonchev–Trinajstić information content (AvgIpc) is 3.46. The van der Waals surface area contributed by atoms with Gasteiger partial charge in [0.1, 0.15) is 11.6 Å². The first-order chi connectivity index (χ1) is 16.0. The third kappa shape index (κ3) is 4.29. The fourth-order valence-corrected chi connectivity index (χ4v) is 5.12. The normalized spacial score (nSPS) is 23.0. The van der Waals surface area contributed by atoms with E-state index in [0.717, 1.165) is 43.3 Å². The third-order valence-electron chi connectivity index (χ3n) is 6.81. The largest absolute Gasteiger partial charge is 0.506 e. The molecule has 2 aliphatic rings. The number of amides is 1. The Bertz CT molecular complexity index is 1230. The number of halogens is 1. The summed E-state index contributed by atoms with van der Waals surface area (Å²) in [6.45, 7) is 1.21. The molecule has 1 aliphatic heterocycles. The van der Waals surface area contributed by atoms with E-state index in [1.807, 2.05) is 18.3 Å². The number of hydrogen-bond acceptors (Lipinski definition) is 5. The number of aromatic nitrogens is 2. The Morgan fingerprint density at radius 2 is 2.03 bits per heavy atom. The summed E-state index contributed by atoms with van der Waals surface area (Å²) in [5.74, 6) is -0.0806. The lowest BCUT2D eigenvalue weighted by atomic mass is 9.81. The van der Waals surface area contributed by atoms with Crippen LogP contribution in [0.5, 0.6) is 5.75 Å². The minimum absolute atomic E-state index is 0.0562. The summed E-state index contributed by atoms with van der Waals surface area (Å²) in [5.41, 5.74) is 2.60. The van der Waals surface area contributed by atoms with Gasteiger partial charge in [0.05, 0.1) is 41.5 Å². The van der Waals surface area contributed by atoms with Gasteiger partial charge in [-0.1, -0.05) is 0 Å². The molecule has 0 radical (unpaired) electrons. The van der Waals surface area contributed by atoms with Crippen LogP contribution in [0.25, 0.3) is 11.0 Å². The first-order valence-electron chi connectivity index (χ1n) is 11.3. The number of rotatable bonds is 4. The van der Waals surface area contributed by atoms with Crippen LogP contribution in [0.1, 0.15) is 49.3 Å². The highest BCUT2D eigenvalue weighted by Crippen LogP contribution is 2.37. The molecule has 1 aromatic carbocycles. The molecule has 2 fully saturated rings. The minimum atomic E-state index is -0.482. The van der Waals surface area contributed by atoms with Crippen LogP contribution >= 0.6 is 0 Å². The molecule has 170 valence electrons. The van der Waals surface area contributed by atoms with Gasteiger partial charge >= 0.3 is 0 Å². The van der Waals surface area contributed by atoms with E-state index in [4.69, 9.17) is 10.1 Å². The highest BCUT2D eigenvalue weighted by atomic mass is 19.1. The van der Waals surface area contributed by atoms with Crippen molar-refractivity contribution in [2.75, 3.05) is 6.61 Å². The van der Waals surface area contributed by atoms with Gasteiger partial charge in [0, 0.05) is 31.1 Å². The molecule has 7 nitrogen and oxygen atoms in total. The molecule has 3 heterocycles. The van der Waals surface area contributed by atoms with Gasteiger partial charge in [-0.25, -0.2) is 9.45 Å². The van der Waals surface area contributed by atoms with Crippen LogP contribution in [0.15, 0.2) is 42.7 Å². The van der Waals surface area contributed by atoms with Crippen molar-refractivity contribution in [2.45, 2.75) is 44.7 Å². The van der Waals surface area contributed by atoms with Crippen molar-refractivity contribution in [3.63, 3.8) is 0 Å². The molecule has 2 aromatic heterocycles. The molecule has 0 bridgehead atoms. The van der Waals surface area contributed by atoms with Crippen LogP contribution in [0.4, 0.5) is 4.39 Å². The molecule has 0 unspecified atom stereocenters. The number of hydroxylamine groups is 2. The monoisotopic (exact) mass is 448 g/mol. The number of benzene rings is 1. The van der Waals surface area contributed by atoms with E-state index in [1.54, 1.807) is 12.1 Å². The first kappa shape index (κ1) is 21.4. The van der Waals surface area contributed by atoms with Crippen LogP contribution in [-0.4, -0.2) is 32.2 Å². The molecule has 5 rings (SSSR count). The lowest BCUT2D eigenvalue weighted by Crippen LogP contribution is -2.37. The number of nitrogens with zero attached hydrogens (tertiary/aromatic N) is 4. The second-order valence-electron chi connectivity index (χ2n) is 8.97. The van der Waals surface area contributed by atoms with E-state index in [9.17, 15) is 14.3 Å². The zero-order valence-electron chi connectivity index (χ0n) is 18.2. The summed E-state index contributed by atoms with van der Waals surface area (Å²) in [6.07, 6.45) is 7.39. The summed E-state index contributed by atoms with van der Waals surface area (Å²) >= 11 is 0. The second kappa shape index (κ2) is 8.83. The first-order valence-corrected chi connectivity index (χ1v) is 11.3. The molecule has 0 spiro atoms. The van der Waals surface area contributed by atoms with Gasteiger partial charge in [0.2, 0.25) is 5.91 Å².